The highest BCUT2D eigenvalue weighted by Gasteiger charge is 2.53. The Morgan fingerprint density at radius 1 is 1.67 bits per heavy atom. The fourth-order valence-corrected chi connectivity index (χ4v) is 1.000. The van der Waals surface area contributed by atoms with Gasteiger partial charge in [0.1, 0.15) is 5.92 Å². The van der Waals surface area contributed by atoms with Crippen LogP contribution in [-0.2, 0) is 4.79 Å². The lowest BCUT2D eigenvalue weighted by Crippen LogP contribution is -2.38. The molecule has 0 aromatic carbocycles. The summed E-state index contributed by atoms with van der Waals surface area (Å²) in [6.45, 7) is 0. The van der Waals surface area contributed by atoms with Gasteiger partial charge in [-0.3, -0.25) is 20.3 Å². The molecule has 6 nitrogen and oxygen atoms in total. The van der Waals surface area contributed by atoms with Crippen LogP contribution in [0.25, 0.3) is 0 Å². The number of nitro groups is 1. The minimum absolute atomic E-state index is 0.262. The molecule has 2 atom stereocenters. The standard InChI is InChI=1S/C6H11N3O3/c1-8(2)7-6(10)4-3-5(4)9(11)12/h4-5H,3H2,1-2H3,(H,7,10). The maximum Gasteiger partial charge on any atom is 0.244 e. The maximum absolute atomic E-state index is 11.1. The highest BCUT2D eigenvalue weighted by Crippen LogP contribution is 2.32. The molecule has 0 aromatic heterocycles. The molecule has 0 bridgehead atoms. The van der Waals surface area contributed by atoms with Crippen LogP contribution in [0.3, 0.4) is 0 Å². The summed E-state index contributed by atoms with van der Waals surface area (Å²) in [5, 5.41) is 11.7. The van der Waals surface area contributed by atoms with Crippen LogP contribution in [0, 0.1) is 16.0 Å². The first-order valence-electron chi connectivity index (χ1n) is 3.63. The normalized spacial score (nSPS) is 26.9. The van der Waals surface area contributed by atoms with Gasteiger partial charge >= 0.3 is 0 Å². The summed E-state index contributed by atoms with van der Waals surface area (Å²) in [5.74, 6) is -0.691. The molecule has 1 aliphatic rings. The van der Waals surface area contributed by atoms with Crippen molar-refractivity contribution >= 4 is 5.91 Å². The molecule has 6 heteroatoms. The van der Waals surface area contributed by atoms with Crippen LogP contribution in [0.4, 0.5) is 0 Å². The Morgan fingerprint density at radius 2 is 2.25 bits per heavy atom. The van der Waals surface area contributed by atoms with E-state index >= 15 is 0 Å². The molecule has 0 spiro atoms. The monoisotopic (exact) mass is 173 g/mol. The van der Waals surface area contributed by atoms with E-state index in [-0.39, 0.29) is 5.91 Å². The number of carbonyl (C=O) groups excluding carboxylic acids is 1. The Labute approximate surface area is 69.7 Å². The topological polar surface area (TPSA) is 75.5 Å². The number of hydrogen-bond donors (Lipinski definition) is 1. The molecule has 1 rings (SSSR count). The van der Waals surface area contributed by atoms with E-state index < -0.39 is 16.9 Å². The molecule has 12 heavy (non-hydrogen) atoms. The first kappa shape index (κ1) is 8.92. The van der Waals surface area contributed by atoms with Crippen LogP contribution < -0.4 is 5.43 Å². The van der Waals surface area contributed by atoms with E-state index in [2.05, 4.69) is 5.43 Å². The van der Waals surface area contributed by atoms with Crippen molar-refractivity contribution in [1.29, 1.82) is 0 Å². The van der Waals surface area contributed by atoms with E-state index in [0.717, 1.165) is 0 Å². The number of carbonyl (C=O) groups is 1. The lowest BCUT2D eigenvalue weighted by molar-refractivity contribution is -0.497. The molecular weight excluding hydrogens is 162 g/mol. The Morgan fingerprint density at radius 3 is 2.58 bits per heavy atom. The molecule has 1 saturated carbocycles. The Hall–Kier alpha value is -1.17. The molecular formula is C6H11N3O3. The largest absolute Gasteiger partial charge is 0.289 e. The smallest absolute Gasteiger partial charge is 0.244 e. The first-order valence-corrected chi connectivity index (χ1v) is 3.63. The summed E-state index contributed by atoms with van der Waals surface area (Å²) >= 11 is 0. The lowest BCUT2D eigenvalue weighted by Gasteiger charge is -2.10. The zero-order chi connectivity index (χ0) is 9.30. The average molecular weight is 173 g/mol. The van der Waals surface area contributed by atoms with Gasteiger partial charge in [0.25, 0.3) is 0 Å². The summed E-state index contributed by atoms with van der Waals surface area (Å²) in [7, 11) is 3.34. The van der Waals surface area contributed by atoms with Gasteiger partial charge in [-0.2, -0.15) is 0 Å². The van der Waals surface area contributed by atoms with Crippen LogP contribution in [0.1, 0.15) is 6.42 Å². The summed E-state index contributed by atoms with van der Waals surface area (Å²) in [4.78, 5) is 20.8. The Kier molecular flexibility index (Phi) is 2.27. The second kappa shape index (κ2) is 3.06. The van der Waals surface area contributed by atoms with Crippen molar-refractivity contribution in [3.05, 3.63) is 10.1 Å². The fourth-order valence-electron chi connectivity index (χ4n) is 1.000. The molecule has 1 fully saturated rings. The van der Waals surface area contributed by atoms with Crippen molar-refractivity contribution in [2.24, 2.45) is 5.92 Å². The molecule has 0 aromatic rings. The highest BCUT2D eigenvalue weighted by molar-refractivity contribution is 5.81. The second-order valence-corrected chi connectivity index (χ2v) is 3.07. The maximum atomic E-state index is 11.1. The Balaban J connectivity index is 2.33. The van der Waals surface area contributed by atoms with Crippen molar-refractivity contribution in [2.75, 3.05) is 14.1 Å². The molecule has 1 aliphatic carbocycles. The van der Waals surface area contributed by atoms with Gasteiger partial charge in [-0.15, -0.1) is 0 Å². The number of hydrogen-bond acceptors (Lipinski definition) is 4. The van der Waals surface area contributed by atoms with Crippen molar-refractivity contribution < 1.29 is 9.72 Å². The van der Waals surface area contributed by atoms with E-state index in [9.17, 15) is 14.9 Å². The Bertz CT molecular complexity index is 216. The number of nitrogens with one attached hydrogen (secondary N) is 1. The van der Waals surface area contributed by atoms with Crippen LogP contribution >= 0.6 is 0 Å². The fraction of sp³-hybridized carbons (Fsp3) is 0.833. The molecule has 2 unspecified atom stereocenters. The third-order valence-corrected chi connectivity index (χ3v) is 1.70. The van der Waals surface area contributed by atoms with Crippen LogP contribution in [-0.4, -0.2) is 36.0 Å². The second-order valence-electron chi connectivity index (χ2n) is 3.07. The molecule has 0 radical (unpaired) electrons. The zero-order valence-corrected chi connectivity index (χ0v) is 6.98. The number of nitrogens with zero attached hydrogens (tertiary/aromatic N) is 2. The average Bonchev–Trinajstić information content (AvgIpc) is 2.61. The van der Waals surface area contributed by atoms with Crippen LogP contribution in [0.5, 0.6) is 0 Å². The van der Waals surface area contributed by atoms with Crippen LogP contribution in [0.2, 0.25) is 0 Å². The van der Waals surface area contributed by atoms with Gasteiger partial charge < -0.3 is 0 Å². The summed E-state index contributed by atoms with van der Waals surface area (Å²) in [6.07, 6.45) is 0.368. The van der Waals surface area contributed by atoms with E-state index in [1.54, 1.807) is 14.1 Å². The zero-order valence-electron chi connectivity index (χ0n) is 6.98. The van der Waals surface area contributed by atoms with Crippen molar-refractivity contribution in [2.45, 2.75) is 12.5 Å². The molecule has 0 saturated heterocycles. The summed E-state index contributed by atoms with van der Waals surface area (Å²) in [6, 6.07) is -0.662. The van der Waals surface area contributed by atoms with Gasteiger partial charge in [0, 0.05) is 25.4 Å². The minimum atomic E-state index is -0.662. The predicted octanol–water partition coefficient (Wildman–Crippen LogP) is -0.756. The summed E-state index contributed by atoms with van der Waals surface area (Å²) < 4.78 is 0. The molecule has 68 valence electrons. The van der Waals surface area contributed by atoms with E-state index in [0.29, 0.717) is 6.42 Å². The van der Waals surface area contributed by atoms with Crippen molar-refractivity contribution in [3.8, 4) is 0 Å². The number of rotatable bonds is 3. The van der Waals surface area contributed by atoms with E-state index in [1.807, 2.05) is 0 Å². The molecule has 0 aliphatic heterocycles. The minimum Gasteiger partial charge on any atom is -0.289 e. The van der Waals surface area contributed by atoms with Gasteiger partial charge in [0.05, 0.1) is 0 Å². The molecule has 0 heterocycles. The molecule has 1 N–H and O–H groups in total. The van der Waals surface area contributed by atoms with Gasteiger partial charge in [0.15, 0.2) is 0 Å². The first-order chi connectivity index (χ1) is 5.52. The number of amides is 1. The van der Waals surface area contributed by atoms with E-state index in [4.69, 9.17) is 0 Å². The predicted molar refractivity (Wildman–Crippen MR) is 40.7 cm³/mol. The van der Waals surface area contributed by atoms with Crippen LogP contribution in [0.15, 0.2) is 0 Å². The third kappa shape index (κ3) is 1.91. The third-order valence-electron chi connectivity index (χ3n) is 1.70. The molecule has 1 amide bonds. The lowest BCUT2D eigenvalue weighted by atomic mass is 10.4. The van der Waals surface area contributed by atoms with Gasteiger partial charge in [-0.25, -0.2) is 5.01 Å². The van der Waals surface area contributed by atoms with Gasteiger partial charge in [0.2, 0.25) is 11.9 Å². The summed E-state index contributed by atoms with van der Waals surface area (Å²) in [5.41, 5.74) is 2.48. The highest BCUT2D eigenvalue weighted by atomic mass is 16.6. The van der Waals surface area contributed by atoms with Gasteiger partial charge in [-0.1, -0.05) is 0 Å². The quantitative estimate of drug-likeness (QED) is 0.450. The van der Waals surface area contributed by atoms with Crippen molar-refractivity contribution in [3.63, 3.8) is 0 Å². The van der Waals surface area contributed by atoms with Crippen molar-refractivity contribution in [1.82, 2.24) is 10.4 Å². The number of hydrazine groups is 1. The van der Waals surface area contributed by atoms with Gasteiger partial charge in [-0.05, 0) is 0 Å². The SMILES string of the molecule is CN(C)NC(=O)C1CC1[N+](=O)[O-]. The van der Waals surface area contributed by atoms with E-state index in [1.165, 1.54) is 5.01 Å².